The Morgan fingerprint density at radius 2 is 1.49 bits per heavy atom. The highest BCUT2D eigenvalue weighted by molar-refractivity contribution is 6.34. The van der Waals surface area contributed by atoms with Crippen LogP contribution in [0.4, 0.5) is 4.79 Å². The number of para-hydroxylation sites is 1. The van der Waals surface area contributed by atoms with E-state index in [1.807, 2.05) is 41.3 Å². The summed E-state index contributed by atoms with van der Waals surface area (Å²) in [4.78, 5) is 33.0. The number of aromatic nitrogens is 1. The van der Waals surface area contributed by atoms with Crippen molar-refractivity contribution in [3.63, 3.8) is 0 Å². The van der Waals surface area contributed by atoms with Crippen LogP contribution in [0.5, 0.6) is 0 Å². The first-order valence-corrected chi connectivity index (χ1v) is 12.4. The molecule has 2 fully saturated rings. The van der Waals surface area contributed by atoms with Crippen molar-refractivity contribution in [3.8, 4) is 0 Å². The minimum Gasteiger partial charge on any atom is -0.445 e. The van der Waals surface area contributed by atoms with Crippen LogP contribution in [0.25, 0.3) is 21.8 Å². The largest absolute Gasteiger partial charge is 0.445 e. The average molecular weight is 508 g/mol. The molecule has 1 N–H and O–H groups in total. The number of carbonyl (C=O) groups is 2. The molecule has 2 saturated heterocycles. The fourth-order valence-corrected chi connectivity index (χ4v) is 5.97. The molecule has 0 unspecified atom stereocenters. The van der Waals surface area contributed by atoms with Crippen LogP contribution in [0, 0.1) is 11.8 Å². The fourth-order valence-electron chi connectivity index (χ4n) is 5.40. The van der Waals surface area contributed by atoms with Crippen molar-refractivity contribution in [2.45, 2.75) is 6.61 Å². The third kappa shape index (κ3) is 4.21. The van der Waals surface area contributed by atoms with E-state index in [0.717, 1.165) is 27.4 Å². The molecule has 0 bridgehead atoms. The highest BCUT2D eigenvalue weighted by Crippen LogP contribution is 2.33. The SMILES string of the molecule is O=C(OCc1cc(Cl)cc(Cl)c1)N1C[C@@H]2CN(C(=O)c3ccc4[nH]c5ccccc5c4c3)C[C@@H]2C1. The predicted molar refractivity (Wildman–Crippen MR) is 137 cm³/mol. The summed E-state index contributed by atoms with van der Waals surface area (Å²) < 4.78 is 5.49. The van der Waals surface area contributed by atoms with Gasteiger partial charge in [-0.15, -0.1) is 0 Å². The first kappa shape index (κ1) is 22.3. The van der Waals surface area contributed by atoms with E-state index in [1.54, 1.807) is 23.1 Å². The zero-order chi connectivity index (χ0) is 24.1. The Kier molecular flexibility index (Phi) is 5.58. The molecule has 3 heterocycles. The number of H-pyrrole nitrogens is 1. The Morgan fingerprint density at radius 3 is 2.23 bits per heavy atom. The molecule has 2 aliphatic heterocycles. The van der Waals surface area contributed by atoms with Crippen LogP contribution in [-0.2, 0) is 11.3 Å². The molecule has 4 aromatic rings. The van der Waals surface area contributed by atoms with E-state index in [0.29, 0.717) is 41.8 Å². The molecule has 0 saturated carbocycles. The summed E-state index contributed by atoms with van der Waals surface area (Å²) in [6.07, 6.45) is -0.349. The van der Waals surface area contributed by atoms with Gasteiger partial charge < -0.3 is 19.5 Å². The highest BCUT2D eigenvalue weighted by atomic mass is 35.5. The first-order chi connectivity index (χ1) is 16.9. The first-order valence-electron chi connectivity index (χ1n) is 11.6. The summed E-state index contributed by atoms with van der Waals surface area (Å²) in [5, 5.41) is 3.19. The van der Waals surface area contributed by atoms with Crippen LogP contribution in [0.3, 0.4) is 0 Å². The van der Waals surface area contributed by atoms with E-state index in [-0.39, 0.29) is 30.4 Å². The number of halogens is 2. The van der Waals surface area contributed by atoms with E-state index in [9.17, 15) is 9.59 Å². The van der Waals surface area contributed by atoms with Gasteiger partial charge in [-0.1, -0.05) is 41.4 Å². The van der Waals surface area contributed by atoms with E-state index in [1.165, 1.54) is 0 Å². The second kappa shape index (κ2) is 8.77. The Labute approximate surface area is 212 Å². The molecular weight excluding hydrogens is 485 g/mol. The Bertz CT molecular complexity index is 1430. The molecule has 3 aromatic carbocycles. The lowest BCUT2D eigenvalue weighted by molar-refractivity contribution is 0.0764. The van der Waals surface area contributed by atoms with Crippen molar-refractivity contribution in [2.75, 3.05) is 26.2 Å². The van der Waals surface area contributed by atoms with Gasteiger partial charge in [0.05, 0.1) is 0 Å². The third-order valence-corrected chi connectivity index (χ3v) is 7.51. The maximum absolute atomic E-state index is 13.3. The second-order valence-electron chi connectivity index (χ2n) is 9.40. The number of hydrogen-bond donors (Lipinski definition) is 1. The van der Waals surface area contributed by atoms with Crippen LogP contribution < -0.4 is 0 Å². The molecule has 6 rings (SSSR count). The topological polar surface area (TPSA) is 65.6 Å². The van der Waals surface area contributed by atoms with Gasteiger partial charge in [0, 0.05) is 75.4 Å². The molecule has 2 atom stereocenters. The van der Waals surface area contributed by atoms with Gasteiger partial charge >= 0.3 is 6.09 Å². The van der Waals surface area contributed by atoms with E-state index in [2.05, 4.69) is 11.1 Å². The summed E-state index contributed by atoms with van der Waals surface area (Å²) >= 11 is 12.0. The summed E-state index contributed by atoms with van der Waals surface area (Å²) in [5.74, 6) is 0.548. The van der Waals surface area contributed by atoms with E-state index >= 15 is 0 Å². The maximum atomic E-state index is 13.3. The highest BCUT2D eigenvalue weighted by Gasteiger charge is 2.43. The Balaban J connectivity index is 1.09. The predicted octanol–water partition coefficient (Wildman–Crippen LogP) is 5.97. The summed E-state index contributed by atoms with van der Waals surface area (Å²) in [7, 11) is 0. The molecule has 178 valence electrons. The van der Waals surface area contributed by atoms with Gasteiger partial charge in [-0.05, 0) is 48.0 Å². The summed E-state index contributed by atoms with van der Waals surface area (Å²) in [6, 6.07) is 19.1. The van der Waals surface area contributed by atoms with Gasteiger partial charge in [0.1, 0.15) is 6.61 Å². The van der Waals surface area contributed by atoms with Gasteiger partial charge in [0.2, 0.25) is 0 Å². The lowest BCUT2D eigenvalue weighted by Gasteiger charge is -2.22. The lowest BCUT2D eigenvalue weighted by Crippen LogP contribution is -2.35. The van der Waals surface area contributed by atoms with Crippen molar-refractivity contribution in [3.05, 3.63) is 81.8 Å². The molecule has 0 radical (unpaired) electrons. The van der Waals surface area contributed by atoms with Gasteiger partial charge in [-0.3, -0.25) is 4.79 Å². The van der Waals surface area contributed by atoms with Gasteiger partial charge in [-0.2, -0.15) is 0 Å². The number of carbonyl (C=O) groups excluding carboxylic acids is 2. The van der Waals surface area contributed by atoms with E-state index in [4.69, 9.17) is 27.9 Å². The molecule has 6 nitrogen and oxygen atoms in total. The standard InChI is InChI=1S/C27H23Cl2N3O3/c28-20-7-16(8-21(29)10-20)15-35-27(34)32-13-18-11-31(12-19(18)14-32)26(33)17-5-6-25-23(9-17)22-3-1-2-4-24(22)30-25/h1-10,18-19,30H,11-15H2/t18-,19+. The zero-order valence-corrected chi connectivity index (χ0v) is 20.4. The van der Waals surface area contributed by atoms with Crippen molar-refractivity contribution in [1.82, 2.24) is 14.8 Å². The van der Waals surface area contributed by atoms with Gasteiger partial charge in [-0.25, -0.2) is 4.79 Å². The number of nitrogens with one attached hydrogen (secondary N) is 1. The van der Waals surface area contributed by atoms with Crippen molar-refractivity contribution in [1.29, 1.82) is 0 Å². The monoisotopic (exact) mass is 507 g/mol. The average Bonchev–Trinajstić information content (AvgIpc) is 3.52. The maximum Gasteiger partial charge on any atom is 0.410 e. The summed E-state index contributed by atoms with van der Waals surface area (Å²) in [5.41, 5.74) is 3.53. The molecule has 0 aliphatic carbocycles. The normalized spacial score (nSPS) is 19.5. The number of aromatic amines is 1. The number of likely N-dealkylation sites (tertiary alicyclic amines) is 2. The van der Waals surface area contributed by atoms with Crippen molar-refractivity contribution < 1.29 is 14.3 Å². The molecule has 0 spiro atoms. The fraction of sp³-hybridized carbons (Fsp3) is 0.259. The molecule has 8 heteroatoms. The smallest absolute Gasteiger partial charge is 0.410 e. The Morgan fingerprint density at radius 1 is 0.829 bits per heavy atom. The van der Waals surface area contributed by atoms with Crippen LogP contribution in [0.15, 0.2) is 60.7 Å². The quantitative estimate of drug-likeness (QED) is 0.371. The minimum atomic E-state index is -0.349. The zero-order valence-electron chi connectivity index (χ0n) is 18.8. The number of benzene rings is 3. The number of rotatable bonds is 3. The van der Waals surface area contributed by atoms with Crippen LogP contribution >= 0.6 is 23.2 Å². The van der Waals surface area contributed by atoms with Gasteiger partial charge in [0.25, 0.3) is 5.91 Å². The van der Waals surface area contributed by atoms with E-state index < -0.39 is 0 Å². The Hall–Kier alpha value is -3.22. The minimum absolute atomic E-state index is 0.0403. The number of hydrogen-bond acceptors (Lipinski definition) is 3. The molecule has 2 amide bonds. The molecule has 35 heavy (non-hydrogen) atoms. The second-order valence-corrected chi connectivity index (χ2v) is 10.3. The summed E-state index contributed by atoms with van der Waals surface area (Å²) in [6.45, 7) is 2.58. The number of fused-ring (bicyclic) bond motifs is 4. The van der Waals surface area contributed by atoms with Crippen molar-refractivity contribution >= 4 is 57.0 Å². The molecular formula is C27H23Cl2N3O3. The number of ether oxygens (including phenoxy) is 1. The van der Waals surface area contributed by atoms with Crippen molar-refractivity contribution in [2.24, 2.45) is 11.8 Å². The number of nitrogens with zero attached hydrogens (tertiary/aromatic N) is 2. The lowest BCUT2D eigenvalue weighted by atomic mass is 10.0. The number of amides is 2. The molecule has 2 aliphatic rings. The van der Waals surface area contributed by atoms with Crippen LogP contribution in [0.2, 0.25) is 10.0 Å². The van der Waals surface area contributed by atoms with Crippen LogP contribution in [0.1, 0.15) is 15.9 Å². The molecule has 1 aromatic heterocycles. The van der Waals surface area contributed by atoms with Crippen LogP contribution in [-0.4, -0.2) is 53.0 Å². The third-order valence-electron chi connectivity index (χ3n) is 7.07. The van der Waals surface area contributed by atoms with Gasteiger partial charge in [0.15, 0.2) is 0 Å².